The van der Waals surface area contributed by atoms with E-state index in [1.54, 1.807) is 24.0 Å². The highest BCUT2D eigenvalue weighted by Gasteiger charge is 2.30. The lowest BCUT2D eigenvalue weighted by atomic mass is 10.2. The van der Waals surface area contributed by atoms with Gasteiger partial charge in [-0.2, -0.15) is 0 Å². The number of halogens is 1. The first-order valence-corrected chi connectivity index (χ1v) is 9.00. The molecular weight excluding hydrogens is 352 g/mol. The first kappa shape index (κ1) is 20.7. The number of aliphatic hydroxyl groups excluding tert-OH is 1. The van der Waals surface area contributed by atoms with Gasteiger partial charge in [-0.15, -0.1) is 11.3 Å². The van der Waals surface area contributed by atoms with Crippen molar-refractivity contribution in [3.63, 3.8) is 0 Å². The quantitative estimate of drug-likeness (QED) is 0.831. The van der Waals surface area contributed by atoms with Crippen LogP contribution in [0.15, 0.2) is 12.1 Å². The molecule has 2 rings (SSSR count). The zero-order chi connectivity index (χ0) is 18.3. The fourth-order valence-electron chi connectivity index (χ4n) is 2.06. The molecule has 1 saturated heterocycles. The molecule has 1 aliphatic rings. The number of hydrogen-bond donors (Lipinski definition) is 2. The van der Waals surface area contributed by atoms with Gasteiger partial charge in [0.25, 0.3) is 5.91 Å². The predicted molar refractivity (Wildman–Crippen MR) is 95.8 cm³/mol. The van der Waals surface area contributed by atoms with Crippen LogP contribution in [0, 0.1) is 0 Å². The molecule has 8 heteroatoms. The summed E-state index contributed by atoms with van der Waals surface area (Å²) in [5, 5.41) is 10.5. The fraction of sp³-hybridized carbons (Fsp3) is 0.625. The Kier molecular flexibility index (Phi) is 7.99. The van der Waals surface area contributed by atoms with E-state index in [4.69, 9.17) is 21.4 Å². The first-order valence-electron chi connectivity index (χ1n) is 7.81. The van der Waals surface area contributed by atoms with Crippen LogP contribution in [0.25, 0.3) is 0 Å². The summed E-state index contributed by atoms with van der Waals surface area (Å²) < 4.78 is 5.91. The van der Waals surface area contributed by atoms with E-state index in [0.29, 0.717) is 22.3 Å². The summed E-state index contributed by atoms with van der Waals surface area (Å²) in [5.41, 5.74) is -0.508. The number of rotatable bonds is 2. The van der Waals surface area contributed by atoms with Crippen LogP contribution in [-0.2, 0) is 4.74 Å². The highest BCUT2D eigenvalue weighted by atomic mass is 35.5. The minimum atomic E-state index is -0.508. The van der Waals surface area contributed by atoms with Crippen LogP contribution in [0.1, 0.15) is 43.8 Å². The van der Waals surface area contributed by atoms with Gasteiger partial charge in [0.1, 0.15) is 5.60 Å². The number of nitrogens with zero attached hydrogens (tertiary/aromatic N) is 1. The summed E-state index contributed by atoms with van der Waals surface area (Å²) in [4.78, 5) is 26.2. The molecule has 1 aromatic rings. The Bertz CT molecular complexity index is 557. The van der Waals surface area contributed by atoms with Gasteiger partial charge in [-0.05, 0) is 46.2 Å². The first-order chi connectivity index (χ1) is 11.2. The summed E-state index contributed by atoms with van der Waals surface area (Å²) in [6, 6.07) is 3.34. The molecule has 2 heterocycles. The van der Waals surface area contributed by atoms with Crippen LogP contribution in [-0.4, -0.2) is 53.3 Å². The van der Waals surface area contributed by atoms with Crippen molar-refractivity contribution < 1.29 is 19.4 Å². The minimum absolute atomic E-state index is 0.0501. The molecule has 1 fully saturated rings. The fourth-order valence-corrected chi connectivity index (χ4v) is 3.01. The van der Waals surface area contributed by atoms with Crippen molar-refractivity contribution in [3.05, 3.63) is 21.3 Å². The summed E-state index contributed by atoms with van der Waals surface area (Å²) >= 11 is 7.06. The molecule has 2 N–H and O–H groups in total. The van der Waals surface area contributed by atoms with E-state index < -0.39 is 5.60 Å². The SMILES string of the molecule is CC(C)(C)OC(=O)N1CCC(NC(=O)c2ccc(Cl)s2)C1.CCO. The summed E-state index contributed by atoms with van der Waals surface area (Å²) in [6.45, 7) is 8.49. The molecule has 1 aromatic heterocycles. The topological polar surface area (TPSA) is 78.9 Å². The van der Waals surface area contributed by atoms with Gasteiger partial charge in [0.2, 0.25) is 0 Å². The molecule has 24 heavy (non-hydrogen) atoms. The predicted octanol–water partition coefficient (Wildman–Crippen LogP) is 3.14. The zero-order valence-electron chi connectivity index (χ0n) is 14.5. The second-order valence-corrected chi connectivity index (χ2v) is 8.02. The van der Waals surface area contributed by atoms with Gasteiger partial charge < -0.3 is 20.1 Å². The van der Waals surface area contributed by atoms with Crippen LogP contribution in [0.4, 0.5) is 4.79 Å². The summed E-state index contributed by atoms with van der Waals surface area (Å²) in [7, 11) is 0. The molecule has 0 saturated carbocycles. The van der Waals surface area contributed by atoms with Crippen molar-refractivity contribution in [2.75, 3.05) is 19.7 Å². The number of hydrogen-bond acceptors (Lipinski definition) is 5. The molecule has 1 atom stereocenters. The van der Waals surface area contributed by atoms with E-state index in [1.807, 2.05) is 20.8 Å². The lowest BCUT2D eigenvalue weighted by Crippen LogP contribution is -2.40. The average molecular weight is 377 g/mol. The maximum absolute atomic E-state index is 12.0. The molecule has 0 aromatic carbocycles. The number of thiophene rings is 1. The minimum Gasteiger partial charge on any atom is -0.444 e. The Morgan fingerprint density at radius 1 is 1.46 bits per heavy atom. The van der Waals surface area contributed by atoms with Crippen molar-refractivity contribution in [3.8, 4) is 0 Å². The van der Waals surface area contributed by atoms with Crippen molar-refractivity contribution in [1.29, 1.82) is 0 Å². The van der Waals surface area contributed by atoms with E-state index in [-0.39, 0.29) is 24.6 Å². The third kappa shape index (κ3) is 7.07. The molecule has 0 bridgehead atoms. The monoisotopic (exact) mass is 376 g/mol. The van der Waals surface area contributed by atoms with E-state index in [1.165, 1.54) is 11.3 Å². The molecule has 2 amide bonds. The number of ether oxygens (including phenoxy) is 1. The number of carbonyl (C=O) groups is 2. The van der Waals surface area contributed by atoms with Crippen molar-refractivity contribution in [1.82, 2.24) is 10.2 Å². The Balaban J connectivity index is 0.000000891. The zero-order valence-corrected chi connectivity index (χ0v) is 16.0. The van der Waals surface area contributed by atoms with Crippen LogP contribution >= 0.6 is 22.9 Å². The van der Waals surface area contributed by atoms with E-state index in [9.17, 15) is 9.59 Å². The lowest BCUT2D eigenvalue weighted by Gasteiger charge is -2.24. The number of carbonyl (C=O) groups excluding carboxylic acids is 2. The number of aliphatic hydroxyl groups is 1. The molecule has 6 nitrogen and oxygen atoms in total. The molecule has 0 spiro atoms. The van der Waals surface area contributed by atoms with E-state index in [2.05, 4.69) is 5.32 Å². The van der Waals surface area contributed by atoms with Gasteiger partial charge in [0.15, 0.2) is 0 Å². The van der Waals surface area contributed by atoms with E-state index in [0.717, 1.165) is 6.42 Å². The van der Waals surface area contributed by atoms with Crippen molar-refractivity contribution in [2.24, 2.45) is 0 Å². The number of amides is 2. The van der Waals surface area contributed by atoms with E-state index >= 15 is 0 Å². The Labute approximate surface area is 151 Å². The number of likely N-dealkylation sites (tertiary alicyclic amines) is 1. The van der Waals surface area contributed by atoms with Gasteiger partial charge in [-0.3, -0.25) is 4.79 Å². The molecule has 136 valence electrons. The smallest absolute Gasteiger partial charge is 0.410 e. The Morgan fingerprint density at radius 2 is 2.08 bits per heavy atom. The van der Waals surface area contributed by atoms with Gasteiger partial charge in [-0.1, -0.05) is 11.6 Å². The Morgan fingerprint density at radius 3 is 2.58 bits per heavy atom. The standard InChI is InChI=1S/C14H19ClN2O3S.C2H6O/c1-14(2,3)20-13(19)17-7-6-9(8-17)16-12(18)10-4-5-11(15)21-10;1-2-3/h4-5,9H,6-8H2,1-3H3,(H,16,18);3H,2H2,1H3. The molecular formula is C16H25ClN2O4S. The van der Waals surface area contributed by atoms with Gasteiger partial charge in [-0.25, -0.2) is 4.79 Å². The molecule has 1 unspecified atom stereocenters. The normalized spacial score (nSPS) is 17.1. The largest absolute Gasteiger partial charge is 0.444 e. The summed E-state index contributed by atoms with van der Waals surface area (Å²) in [6.07, 6.45) is 0.391. The third-order valence-corrected chi connectivity index (χ3v) is 4.20. The molecule has 0 aliphatic carbocycles. The van der Waals surface area contributed by atoms with Crippen LogP contribution in [0.3, 0.4) is 0 Å². The molecule has 1 aliphatic heterocycles. The van der Waals surface area contributed by atoms with Crippen molar-refractivity contribution in [2.45, 2.75) is 45.8 Å². The van der Waals surface area contributed by atoms with Crippen LogP contribution in [0.2, 0.25) is 4.34 Å². The van der Waals surface area contributed by atoms with Gasteiger partial charge in [0.05, 0.1) is 9.21 Å². The third-order valence-electron chi connectivity index (χ3n) is 2.97. The summed E-state index contributed by atoms with van der Waals surface area (Å²) in [5.74, 6) is -0.150. The van der Waals surface area contributed by atoms with Crippen LogP contribution < -0.4 is 5.32 Å². The lowest BCUT2D eigenvalue weighted by molar-refractivity contribution is 0.0290. The number of nitrogens with one attached hydrogen (secondary N) is 1. The van der Waals surface area contributed by atoms with Gasteiger partial charge >= 0.3 is 6.09 Å². The Hall–Kier alpha value is -1.31. The highest BCUT2D eigenvalue weighted by Crippen LogP contribution is 2.22. The average Bonchev–Trinajstić information content (AvgIpc) is 3.07. The second kappa shape index (κ2) is 9.25. The second-order valence-electron chi connectivity index (χ2n) is 6.31. The van der Waals surface area contributed by atoms with Crippen molar-refractivity contribution >= 4 is 34.9 Å². The van der Waals surface area contributed by atoms with Gasteiger partial charge in [0, 0.05) is 25.7 Å². The maximum atomic E-state index is 12.0. The van der Waals surface area contributed by atoms with Crippen LogP contribution in [0.5, 0.6) is 0 Å². The molecule has 0 radical (unpaired) electrons. The maximum Gasteiger partial charge on any atom is 0.410 e. The highest BCUT2D eigenvalue weighted by molar-refractivity contribution is 7.17.